The van der Waals surface area contributed by atoms with Crippen molar-refractivity contribution >= 4 is 5.82 Å². The van der Waals surface area contributed by atoms with Gasteiger partial charge in [-0.3, -0.25) is 0 Å². The second-order valence-electron chi connectivity index (χ2n) is 7.43. The zero-order chi connectivity index (χ0) is 15.1. The number of nitrogens with one attached hydrogen (secondary N) is 1. The van der Waals surface area contributed by atoms with Crippen LogP contribution in [0.15, 0.2) is 12.1 Å². The SMILES string of the molecule is Cc1ccc(N2CC(CNC3CC4CCC(C3)N4C)C2)nn1. The average Bonchev–Trinajstić information content (AvgIpc) is 2.70. The summed E-state index contributed by atoms with van der Waals surface area (Å²) >= 11 is 0. The molecule has 4 heterocycles. The predicted molar refractivity (Wildman–Crippen MR) is 88.1 cm³/mol. The third-order valence-corrected chi connectivity index (χ3v) is 5.86. The zero-order valence-electron chi connectivity index (χ0n) is 13.7. The fourth-order valence-corrected chi connectivity index (χ4v) is 4.36. The van der Waals surface area contributed by atoms with E-state index in [1.165, 1.54) is 25.7 Å². The van der Waals surface area contributed by atoms with Gasteiger partial charge in [-0.15, -0.1) is 5.10 Å². The molecule has 5 nitrogen and oxygen atoms in total. The lowest BCUT2D eigenvalue weighted by Crippen LogP contribution is -2.54. The molecule has 2 atom stereocenters. The lowest BCUT2D eigenvalue weighted by Gasteiger charge is -2.42. The first kappa shape index (κ1) is 14.4. The molecule has 0 saturated carbocycles. The van der Waals surface area contributed by atoms with Gasteiger partial charge < -0.3 is 15.1 Å². The molecule has 3 saturated heterocycles. The number of aromatic nitrogens is 2. The maximum Gasteiger partial charge on any atom is 0.151 e. The molecule has 0 spiro atoms. The number of fused-ring (bicyclic) bond motifs is 2. The number of hydrogen-bond acceptors (Lipinski definition) is 5. The fourth-order valence-electron chi connectivity index (χ4n) is 4.36. The topological polar surface area (TPSA) is 44.3 Å². The molecule has 1 N–H and O–H groups in total. The Hall–Kier alpha value is -1.20. The van der Waals surface area contributed by atoms with Gasteiger partial charge in [-0.25, -0.2) is 0 Å². The molecule has 0 aliphatic carbocycles. The highest BCUT2D eigenvalue weighted by Gasteiger charge is 2.38. The molecule has 0 radical (unpaired) electrons. The van der Waals surface area contributed by atoms with Gasteiger partial charge in [0.15, 0.2) is 5.82 Å². The van der Waals surface area contributed by atoms with Crippen LogP contribution in [0.5, 0.6) is 0 Å². The van der Waals surface area contributed by atoms with E-state index in [0.29, 0.717) is 0 Å². The van der Waals surface area contributed by atoms with Crippen LogP contribution in [0.4, 0.5) is 5.82 Å². The summed E-state index contributed by atoms with van der Waals surface area (Å²) < 4.78 is 0. The van der Waals surface area contributed by atoms with Crippen molar-refractivity contribution in [2.24, 2.45) is 5.92 Å². The Bertz CT molecular complexity index is 496. The Labute approximate surface area is 133 Å². The Morgan fingerprint density at radius 1 is 1.14 bits per heavy atom. The number of hydrogen-bond donors (Lipinski definition) is 1. The maximum absolute atomic E-state index is 4.27. The highest BCUT2D eigenvalue weighted by atomic mass is 15.3. The van der Waals surface area contributed by atoms with Gasteiger partial charge in [0, 0.05) is 43.7 Å². The number of piperidine rings is 1. The Morgan fingerprint density at radius 2 is 1.86 bits per heavy atom. The minimum Gasteiger partial charge on any atom is -0.354 e. The van der Waals surface area contributed by atoms with Gasteiger partial charge in [-0.2, -0.15) is 5.10 Å². The van der Waals surface area contributed by atoms with Crippen molar-refractivity contribution in [3.8, 4) is 0 Å². The van der Waals surface area contributed by atoms with Crippen molar-refractivity contribution in [3.05, 3.63) is 17.8 Å². The molecule has 1 aromatic heterocycles. The smallest absolute Gasteiger partial charge is 0.151 e. The molecule has 1 aromatic rings. The molecule has 3 aliphatic rings. The molecule has 22 heavy (non-hydrogen) atoms. The van der Waals surface area contributed by atoms with E-state index >= 15 is 0 Å². The standard InChI is InChI=1S/C17H27N5/c1-12-3-6-17(20-19-12)22-10-13(11-22)9-18-14-7-15-4-5-16(8-14)21(15)2/h3,6,13-16,18H,4-5,7-11H2,1-2H3. The first-order valence-electron chi connectivity index (χ1n) is 8.69. The van der Waals surface area contributed by atoms with Crippen LogP contribution >= 0.6 is 0 Å². The lowest BCUT2D eigenvalue weighted by atomic mass is 9.95. The van der Waals surface area contributed by atoms with E-state index in [4.69, 9.17) is 0 Å². The number of rotatable bonds is 4. The van der Waals surface area contributed by atoms with E-state index in [1.807, 2.05) is 13.0 Å². The second kappa shape index (κ2) is 5.78. The number of anilines is 1. The van der Waals surface area contributed by atoms with Gasteiger partial charge in [0.25, 0.3) is 0 Å². The minimum absolute atomic E-state index is 0.738. The summed E-state index contributed by atoms with van der Waals surface area (Å²) in [6, 6.07) is 6.53. The highest BCUT2D eigenvalue weighted by Crippen LogP contribution is 2.34. The van der Waals surface area contributed by atoms with Crippen LogP contribution in [-0.4, -0.2) is 59.9 Å². The average molecular weight is 301 g/mol. The van der Waals surface area contributed by atoms with Gasteiger partial charge in [-0.1, -0.05) is 0 Å². The van der Waals surface area contributed by atoms with E-state index in [0.717, 1.165) is 55.2 Å². The van der Waals surface area contributed by atoms with Crippen LogP contribution in [0.25, 0.3) is 0 Å². The van der Waals surface area contributed by atoms with E-state index in [1.54, 1.807) is 0 Å². The second-order valence-corrected chi connectivity index (χ2v) is 7.43. The number of nitrogens with zero attached hydrogens (tertiary/aromatic N) is 4. The van der Waals surface area contributed by atoms with Gasteiger partial charge in [0.1, 0.15) is 0 Å². The first-order chi connectivity index (χ1) is 10.7. The van der Waals surface area contributed by atoms with E-state index in [2.05, 4.69) is 38.4 Å². The van der Waals surface area contributed by atoms with Crippen LogP contribution in [-0.2, 0) is 0 Å². The molecular weight excluding hydrogens is 274 g/mol. The lowest BCUT2D eigenvalue weighted by molar-refractivity contribution is 0.145. The summed E-state index contributed by atoms with van der Waals surface area (Å²) in [5.74, 6) is 1.79. The van der Waals surface area contributed by atoms with Crippen LogP contribution in [0.1, 0.15) is 31.4 Å². The zero-order valence-corrected chi connectivity index (χ0v) is 13.7. The van der Waals surface area contributed by atoms with Gasteiger partial charge >= 0.3 is 0 Å². The first-order valence-corrected chi connectivity index (χ1v) is 8.69. The summed E-state index contributed by atoms with van der Waals surface area (Å²) in [6.45, 7) is 5.37. The maximum atomic E-state index is 4.27. The summed E-state index contributed by atoms with van der Waals surface area (Å²) in [7, 11) is 2.31. The summed E-state index contributed by atoms with van der Waals surface area (Å²) in [4.78, 5) is 4.94. The molecule has 0 amide bonds. The third-order valence-electron chi connectivity index (χ3n) is 5.86. The third kappa shape index (κ3) is 2.72. The van der Waals surface area contributed by atoms with Crippen molar-refractivity contribution < 1.29 is 0 Å². The van der Waals surface area contributed by atoms with Crippen molar-refractivity contribution in [1.29, 1.82) is 0 Å². The van der Waals surface area contributed by atoms with Crippen molar-refractivity contribution in [2.45, 2.75) is 50.7 Å². The van der Waals surface area contributed by atoms with Crippen LogP contribution in [0, 0.1) is 12.8 Å². The molecule has 120 valence electrons. The van der Waals surface area contributed by atoms with Crippen molar-refractivity contribution in [2.75, 3.05) is 31.6 Å². The van der Waals surface area contributed by atoms with Gasteiger partial charge in [0.05, 0.1) is 5.69 Å². The molecule has 2 unspecified atom stereocenters. The minimum atomic E-state index is 0.738. The van der Waals surface area contributed by atoms with E-state index in [-0.39, 0.29) is 0 Å². The Morgan fingerprint density at radius 3 is 2.50 bits per heavy atom. The molecule has 0 aromatic carbocycles. The van der Waals surface area contributed by atoms with Gasteiger partial charge in [-0.05, 0) is 51.8 Å². The van der Waals surface area contributed by atoms with Crippen LogP contribution in [0.2, 0.25) is 0 Å². The summed E-state index contributed by atoms with van der Waals surface area (Å²) in [6.07, 6.45) is 5.49. The van der Waals surface area contributed by atoms with Crippen LogP contribution in [0.3, 0.4) is 0 Å². The monoisotopic (exact) mass is 301 g/mol. The van der Waals surface area contributed by atoms with E-state index in [9.17, 15) is 0 Å². The molecule has 5 heteroatoms. The summed E-state index contributed by atoms with van der Waals surface area (Å²) in [5, 5.41) is 12.3. The molecule has 4 rings (SSSR count). The predicted octanol–water partition coefficient (Wildman–Crippen LogP) is 1.44. The molecule has 2 bridgehead atoms. The molecule has 3 aliphatic heterocycles. The Kier molecular flexibility index (Phi) is 3.78. The molecule has 3 fully saturated rings. The highest BCUT2D eigenvalue weighted by molar-refractivity contribution is 5.40. The normalized spacial score (nSPS) is 32.3. The largest absolute Gasteiger partial charge is 0.354 e. The van der Waals surface area contributed by atoms with E-state index < -0.39 is 0 Å². The van der Waals surface area contributed by atoms with Crippen LogP contribution < -0.4 is 10.2 Å². The quantitative estimate of drug-likeness (QED) is 0.911. The number of aryl methyl sites for hydroxylation is 1. The van der Waals surface area contributed by atoms with Crippen molar-refractivity contribution in [1.82, 2.24) is 20.4 Å². The van der Waals surface area contributed by atoms with Gasteiger partial charge in [0.2, 0.25) is 0 Å². The Balaban J connectivity index is 1.21. The fraction of sp³-hybridized carbons (Fsp3) is 0.765. The molecular formula is C17H27N5. The van der Waals surface area contributed by atoms with Crippen molar-refractivity contribution in [3.63, 3.8) is 0 Å². The summed E-state index contributed by atoms with van der Waals surface area (Å²) in [5.41, 5.74) is 0.986.